The molecule has 1 aliphatic heterocycles. The number of alkyl halides is 3. The van der Waals surface area contributed by atoms with Gasteiger partial charge < -0.3 is 20.7 Å². The van der Waals surface area contributed by atoms with Gasteiger partial charge in [0.15, 0.2) is 0 Å². The van der Waals surface area contributed by atoms with Crippen molar-refractivity contribution in [2.24, 2.45) is 0 Å². The summed E-state index contributed by atoms with van der Waals surface area (Å²) in [5.74, 6) is -1.33. The highest BCUT2D eigenvalue weighted by Gasteiger charge is 2.35. The lowest BCUT2D eigenvalue weighted by atomic mass is 9.95. The molecule has 2 aromatic rings. The average molecular weight is 490 g/mol. The summed E-state index contributed by atoms with van der Waals surface area (Å²) in [7, 11) is 1.54. The molecule has 0 spiro atoms. The van der Waals surface area contributed by atoms with E-state index >= 15 is 0 Å². The lowest BCUT2D eigenvalue weighted by Crippen LogP contribution is -2.48. The molecule has 0 aliphatic carbocycles. The van der Waals surface area contributed by atoms with E-state index in [1.54, 1.807) is 37.3 Å². The Balaban J connectivity index is 1.81. The number of para-hydroxylation sites is 1. The Morgan fingerprint density at radius 3 is 2.40 bits per heavy atom. The van der Waals surface area contributed by atoms with Crippen LogP contribution in [-0.4, -0.2) is 49.6 Å². The van der Waals surface area contributed by atoms with E-state index in [1.165, 1.54) is 30.1 Å². The minimum atomic E-state index is -4.62. The summed E-state index contributed by atoms with van der Waals surface area (Å²) in [5, 5.41) is 7.58. The number of ether oxygens (including phenoxy) is 1. The van der Waals surface area contributed by atoms with Crippen molar-refractivity contribution in [3.05, 3.63) is 77.0 Å². The van der Waals surface area contributed by atoms with Crippen LogP contribution in [0.2, 0.25) is 0 Å². The first-order valence-corrected chi connectivity index (χ1v) is 10.8. The van der Waals surface area contributed by atoms with Crippen LogP contribution in [0.3, 0.4) is 0 Å². The summed E-state index contributed by atoms with van der Waals surface area (Å²) in [4.78, 5) is 39.1. The summed E-state index contributed by atoms with van der Waals surface area (Å²) in [6.45, 7) is 1.42. The Morgan fingerprint density at radius 1 is 1.09 bits per heavy atom. The van der Waals surface area contributed by atoms with Crippen LogP contribution >= 0.6 is 0 Å². The minimum Gasteiger partial charge on any atom is -0.463 e. The van der Waals surface area contributed by atoms with E-state index in [-0.39, 0.29) is 36.7 Å². The number of carbonyl (C=O) groups is 3. The monoisotopic (exact) mass is 490 g/mol. The smallest absolute Gasteiger partial charge is 0.418 e. The van der Waals surface area contributed by atoms with E-state index in [9.17, 15) is 27.6 Å². The number of anilines is 1. The standard InChI is InChI=1S/C24H25F3N4O4/c1-3-35-22(33)20-18(29-23(34)30-21(20)15-9-5-4-6-10-15)13-31(2)14-19(32)28-17-12-8-7-11-16(17)24(25,26)27/h4-12,21H,3,13-14H2,1-2H3,(H,28,32)(H2,29,30,34). The fourth-order valence-corrected chi connectivity index (χ4v) is 3.69. The predicted molar refractivity (Wildman–Crippen MR) is 122 cm³/mol. The number of rotatable bonds is 8. The molecule has 1 unspecified atom stereocenters. The molecule has 0 bridgehead atoms. The summed E-state index contributed by atoms with van der Waals surface area (Å²) >= 11 is 0. The van der Waals surface area contributed by atoms with Crippen molar-refractivity contribution in [2.45, 2.75) is 19.1 Å². The summed E-state index contributed by atoms with van der Waals surface area (Å²) in [6.07, 6.45) is -4.62. The molecule has 0 radical (unpaired) electrons. The number of halogens is 3. The van der Waals surface area contributed by atoms with E-state index in [4.69, 9.17) is 4.74 Å². The molecular weight excluding hydrogens is 465 g/mol. The SMILES string of the molecule is CCOC(=O)C1=C(CN(C)CC(=O)Nc2ccccc2C(F)(F)F)NC(=O)NC1c1ccccc1. The molecule has 3 rings (SSSR count). The van der Waals surface area contributed by atoms with Gasteiger partial charge in [0.05, 0.1) is 36.0 Å². The van der Waals surface area contributed by atoms with Gasteiger partial charge in [-0.05, 0) is 31.7 Å². The van der Waals surface area contributed by atoms with Crippen LogP contribution in [0, 0.1) is 0 Å². The van der Waals surface area contributed by atoms with Crippen LogP contribution < -0.4 is 16.0 Å². The van der Waals surface area contributed by atoms with Gasteiger partial charge in [0.25, 0.3) is 0 Å². The third-order valence-electron chi connectivity index (χ3n) is 5.13. The second-order valence-electron chi connectivity index (χ2n) is 7.82. The van der Waals surface area contributed by atoms with Gasteiger partial charge in [-0.15, -0.1) is 0 Å². The minimum absolute atomic E-state index is 0.0424. The quantitative estimate of drug-likeness (QED) is 0.493. The van der Waals surface area contributed by atoms with Crippen LogP contribution in [-0.2, 0) is 20.5 Å². The van der Waals surface area contributed by atoms with Crippen LogP contribution in [0.15, 0.2) is 65.9 Å². The molecule has 0 aromatic heterocycles. The zero-order chi connectivity index (χ0) is 25.6. The van der Waals surface area contributed by atoms with Crippen LogP contribution in [0.25, 0.3) is 0 Å². The van der Waals surface area contributed by atoms with Crippen LogP contribution in [0.4, 0.5) is 23.7 Å². The van der Waals surface area contributed by atoms with Crippen molar-refractivity contribution >= 4 is 23.6 Å². The Bertz CT molecular complexity index is 1120. The van der Waals surface area contributed by atoms with E-state index in [2.05, 4.69) is 16.0 Å². The molecule has 2 aromatic carbocycles. The highest BCUT2D eigenvalue weighted by molar-refractivity contribution is 5.95. The first-order valence-electron chi connectivity index (χ1n) is 10.8. The molecule has 1 heterocycles. The maximum absolute atomic E-state index is 13.2. The van der Waals surface area contributed by atoms with E-state index in [0.717, 1.165) is 6.07 Å². The maximum atomic E-state index is 13.2. The molecule has 0 saturated heterocycles. The zero-order valence-electron chi connectivity index (χ0n) is 19.1. The van der Waals surface area contributed by atoms with E-state index in [0.29, 0.717) is 5.56 Å². The van der Waals surface area contributed by atoms with Gasteiger partial charge in [0, 0.05) is 12.2 Å². The summed E-state index contributed by atoms with van der Waals surface area (Å²) in [6, 6.07) is 12.2. The molecule has 3 N–H and O–H groups in total. The van der Waals surface area contributed by atoms with Crippen LogP contribution in [0.1, 0.15) is 24.1 Å². The molecule has 0 saturated carbocycles. The first kappa shape index (κ1) is 25.8. The Kier molecular flexibility index (Phi) is 8.13. The van der Waals surface area contributed by atoms with Crippen molar-refractivity contribution in [1.82, 2.24) is 15.5 Å². The number of likely N-dealkylation sites (N-methyl/N-ethyl adjacent to an activating group) is 1. The van der Waals surface area contributed by atoms with Crippen molar-refractivity contribution in [2.75, 3.05) is 32.1 Å². The molecule has 35 heavy (non-hydrogen) atoms. The normalized spacial score (nSPS) is 15.9. The number of benzene rings is 2. The van der Waals surface area contributed by atoms with Gasteiger partial charge in [-0.1, -0.05) is 42.5 Å². The number of hydrogen-bond acceptors (Lipinski definition) is 5. The van der Waals surface area contributed by atoms with E-state index < -0.39 is 35.7 Å². The van der Waals surface area contributed by atoms with Gasteiger partial charge in [-0.3, -0.25) is 9.69 Å². The van der Waals surface area contributed by atoms with Gasteiger partial charge in [0.1, 0.15) is 0 Å². The fourth-order valence-electron chi connectivity index (χ4n) is 3.69. The lowest BCUT2D eigenvalue weighted by Gasteiger charge is -2.31. The average Bonchev–Trinajstić information content (AvgIpc) is 2.78. The highest BCUT2D eigenvalue weighted by Crippen LogP contribution is 2.34. The number of hydrogen-bond donors (Lipinski definition) is 3. The topological polar surface area (TPSA) is 99.8 Å². The van der Waals surface area contributed by atoms with Crippen molar-refractivity contribution < 1.29 is 32.3 Å². The maximum Gasteiger partial charge on any atom is 0.418 e. The molecular formula is C24H25F3N4O4. The van der Waals surface area contributed by atoms with Crippen molar-refractivity contribution in [3.8, 4) is 0 Å². The number of nitrogens with zero attached hydrogens (tertiary/aromatic N) is 1. The summed E-state index contributed by atoms with van der Waals surface area (Å²) in [5.41, 5.74) is -0.254. The van der Waals surface area contributed by atoms with Crippen molar-refractivity contribution in [1.29, 1.82) is 0 Å². The second-order valence-corrected chi connectivity index (χ2v) is 7.82. The number of amides is 3. The van der Waals surface area contributed by atoms with Gasteiger partial charge in [-0.2, -0.15) is 13.2 Å². The number of esters is 1. The Labute approximate surface area is 200 Å². The third-order valence-corrected chi connectivity index (χ3v) is 5.13. The molecule has 3 amide bonds. The number of nitrogens with one attached hydrogen (secondary N) is 3. The fraction of sp³-hybridized carbons (Fsp3) is 0.292. The molecule has 186 valence electrons. The lowest BCUT2D eigenvalue weighted by molar-refractivity contribution is -0.139. The second kappa shape index (κ2) is 11.0. The third kappa shape index (κ3) is 6.60. The molecule has 8 nitrogen and oxygen atoms in total. The Morgan fingerprint density at radius 2 is 1.74 bits per heavy atom. The largest absolute Gasteiger partial charge is 0.463 e. The number of carbonyl (C=O) groups excluding carboxylic acids is 3. The number of urea groups is 1. The zero-order valence-corrected chi connectivity index (χ0v) is 19.1. The predicted octanol–water partition coefficient (Wildman–Crippen LogP) is 3.45. The van der Waals surface area contributed by atoms with Gasteiger partial charge in [0.2, 0.25) is 5.91 Å². The van der Waals surface area contributed by atoms with Crippen LogP contribution in [0.5, 0.6) is 0 Å². The Hall–Kier alpha value is -3.86. The van der Waals surface area contributed by atoms with Gasteiger partial charge in [-0.25, -0.2) is 9.59 Å². The van der Waals surface area contributed by atoms with Crippen molar-refractivity contribution in [3.63, 3.8) is 0 Å². The molecule has 11 heteroatoms. The molecule has 1 atom stereocenters. The molecule has 1 aliphatic rings. The first-order chi connectivity index (χ1) is 16.6. The summed E-state index contributed by atoms with van der Waals surface area (Å²) < 4.78 is 44.8. The highest BCUT2D eigenvalue weighted by atomic mass is 19.4. The van der Waals surface area contributed by atoms with Gasteiger partial charge >= 0.3 is 18.2 Å². The molecule has 0 fully saturated rings. The van der Waals surface area contributed by atoms with E-state index in [1.807, 2.05) is 0 Å².